The van der Waals surface area contributed by atoms with E-state index in [0.717, 1.165) is 12.4 Å². The SMILES string of the molecule is N#Cc1cnc(S(=O)(=O)CCCl)cn1. The lowest BCUT2D eigenvalue weighted by Gasteiger charge is -1.99. The van der Waals surface area contributed by atoms with E-state index < -0.39 is 9.84 Å². The summed E-state index contributed by atoms with van der Waals surface area (Å²) in [6.07, 6.45) is 2.17. The summed E-state index contributed by atoms with van der Waals surface area (Å²) in [7, 11) is -3.45. The molecule has 0 amide bonds. The standard InChI is InChI=1S/C7H6ClN3O2S/c8-1-2-14(12,13)7-5-10-6(3-9)4-11-7/h4-5H,1-2H2. The molecule has 1 aromatic heterocycles. The molecule has 1 aromatic rings. The molecule has 0 bridgehead atoms. The summed E-state index contributed by atoms with van der Waals surface area (Å²) in [5.74, 6) is -0.181. The zero-order valence-corrected chi connectivity index (χ0v) is 8.59. The number of rotatable bonds is 3. The first kappa shape index (κ1) is 10.9. The Bertz CT molecular complexity index is 449. The van der Waals surface area contributed by atoms with Crippen LogP contribution in [0.15, 0.2) is 17.4 Å². The van der Waals surface area contributed by atoms with Gasteiger partial charge in [-0.05, 0) is 0 Å². The number of hydrogen-bond acceptors (Lipinski definition) is 5. The molecule has 0 aliphatic carbocycles. The molecular weight excluding hydrogens is 226 g/mol. The van der Waals surface area contributed by atoms with Gasteiger partial charge in [-0.3, -0.25) is 0 Å². The van der Waals surface area contributed by atoms with E-state index in [-0.39, 0.29) is 22.4 Å². The van der Waals surface area contributed by atoms with E-state index in [0.29, 0.717) is 0 Å². The van der Waals surface area contributed by atoms with Crippen LogP contribution in [0, 0.1) is 11.3 Å². The summed E-state index contributed by atoms with van der Waals surface area (Å²) in [6, 6.07) is 1.74. The number of alkyl halides is 1. The molecule has 0 aromatic carbocycles. The minimum Gasteiger partial charge on any atom is -0.241 e. The van der Waals surface area contributed by atoms with Gasteiger partial charge in [-0.15, -0.1) is 11.6 Å². The summed E-state index contributed by atoms with van der Waals surface area (Å²) >= 11 is 5.31. The Balaban J connectivity index is 3.05. The third kappa shape index (κ3) is 2.40. The van der Waals surface area contributed by atoms with Gasteiger partial charge in [-0.1, -0.05) is 0 Å². The largest absolute Gasteiger partial charge is 0.241 e. The van der Waals surface area contributed by atoms with Crippen LogP contribution in [0.3, 0.4) is 0 Å². The van der Waals surface area contributed by atoms with Crippen LogP contribution < -0.4 is 0 Å². The number of nitriles is 1. The minimum atomic E-state index is -3.45. The molecule has 0 aliphatic rings. The van der Waals surface area contributed by atoms with Gasteiger partial charge in [0.2, 0.25) is 0 Å². The predicted octanol–water partition coefficient (Wildman–Crippen LogP) is 0.361. The van der Waals surface area contributed by atoms with Crippen molar-refractivity contribution in [2.75, 3.05) is 11.6 Å². The van der Waals surface area contributed by atoms with Crippen molar-refractivity contribution in [2.24, 2.45) is 0 Å². The third-order valence-electron chi connectivity index (χ3n) is 1.41. The molecule has 0 saturated heterocycles. The summed E-state index contributed by atoms with van der Waals surface area (Å²) in [5.41, 5.74) is 0.0785. The Morgan fingerprint density at radius 2 is 2.14 bits per heavy atom. The average molecular weight is 232 g/mol. The van der Waals surface area contributed by atoms with Crippen molar-refractivity contribution in [1.82, 2.24) is 9.97 Å². The van der Waals surface area contributed by atoms with Gasteiger partial charge in [0.15, 0.2) is 20.6 Å². The van der Waals surface area contributed by atoms with Crippen molar-refractivity contribution in [3.05, 3.63) is 18.1 Å². The highest BCUT2D eigenvalue weighted by molar-refractivity contribution is 7.91. The molecule has 0 N–H and O–H groups in total. The first-order valence-electron chi connectivity index (χ1n) is 3.61. The number of sulfone groups is 1. The number of aromatic nitrogens is 2. The average Bonchev–Trinajstić information content (AvgIpc) is 2.18. The zero-order chi connectivity index (χ0) is 10.6. The molecule has 0 fully saturated rings. The molecule has 5 nitrogen and oxygen atoms in total. The Morgan fingerprint density at radius 3 is 2.57 bits per heavy atom. The van der Waals surface area contributed by atoms with Crippen LogP contribution in [-0.2, 0) is 9.84 Å². The van der Waals surface area contributed by atoms with Crippen LogP contribution in [0.25, 0.3) is 0 Å². The molecule has 1 heterocycles. The Kier molecular flexibility index (Phi) is 3.38. The van der Waals surface area contributed by atoms with Crippen LogP contribution in [-0.4, -0.2) is 30.0 Å². The fourth-order valence-electron chi connectivity index (χ4n) is 0.741. The molecule has 7 heteroatoms. The van der Waals surface area contributed by atoms with Gasteiger partial charge in [0, 0.05) is 5.88 Å². The predicted molar refractivity (Wildman–Crippen MR) is 49.5 cm³/mol. The second-order valence-corrected chi connectivity index (χ2v) is 4.79. The van der Waals surface area contributed by atoms with Gasteiger partial charge >= 0.3 is 0 Å². The molecule has 0 unspecified atom stereocenters. The Morgan fingerprint density at radius 1 is 1.43 bits per heavy atom. The second-order valence-electron chi connectivity index (χ2n) is 2.36. The van der Waals surface area contributed by atoms with Gasteiger partial charge < -0.3 is 0 Å². The lowest BCUT2D eigenvalue weighted by molar-refractivity contribution is 0.593. The van der Waals surface area contributed by atoms with Crippen molar-refractivity contribution < 1.29 is 8.42 Å². The van der Waals surface area contributed by atoms with Crippen LogP contribution in [0.5, 0.6) is 0 Å². The van der Waals surface area contributed by atoms with Crippen molar-refractivity contribution in [1.29, 1.82) is 5.26 Å². The highest BCUT2D eigenvalue weighted by Gasteiger charge is 2.15. The number of halogens is 1. The lowest BCUT2D eigenvalue weighted by atomic mass is 10.5. The monoisotopic (exact) mass is 231 g/mol. The molecule has 0 aliphatic heterocycles. The highest BCUT2D eigenvalue weighted by Crippen LogP contribution is 2.06. The molecule has 1 rings (SSSR count). The van der Waals surface area contributed by atoms with Crippen LogP contribution in [0.4, 0.5) is 0 Å². The van der Waals surface area contributed by atoms with E-state index in [9.17, 15) is 8.42 Å². The van der Waals surface area contributed by atoms with Gasteiger partial charge in [-0.25, -0.2) is 18.4 Å². The molecule has 0 spiro atoms. The Labute approximate surface area is 86.3 Å². The van der Waals surface area contributed by atoms with Gasteiger partial charge in [0.25, 0.3) is 0 Å². The zero-order valence-electron chi connectivity index (χ0n) is 7.01. The maximum Gasteiger partial charge on any atom is 0.198 e. The molecule has 0 radical (unpaired) electrons. The summed E-state index contributed by atoms with van der Waals surface area (Å²) in [5, 5.41) is 8.26. The molecule has 0 atom stereocenters. The van der Waals surface area contributed by atoms with Gasteiger partial charge in [0.1, 0.15) is 6.07 Å². The first-order valence-corrected chi connectivity index (χ1v) is 5.79. The first-order chi connectivity index (χ1) is 6.60. The van der Waals surface area contributed by atoms with Crippen molar-refractivity contribution in [3.63, 3.8) is 0 Å². The summed E-state index contributed by atoms with van der Waals surface area (Å²) in [6.45, 7) is 0. The molecular formula is C7H6ClN3O2S. The summed E-state index contributed by atoms with van der Waals surface area (Å²) < 4.78 is 22.7. The van der Waals surface area contributed by atoms with Crippen LogP contribution in [0.2, 0.25) is 0 Å². The van der Waals surface area contributed by atoms with E-state index in [1.54, 1.807) is 6.07 Å². The van der Waals surface area contributed by atoms with Gasteiger partial charge in [0.05, 0.1) is 18.1 Å². The fraction of sp³-hybridized carbons (Fsp3) is 0.286. The van der Waals surface area contributed by atoms with E-state index in [1.165, 1.54) is 0 Å². The minimum absolute atomic E-state index is 0.00398. The maximum atomic E-state index is 11.4. The van der Waals surface area contributed by atoms with E-state index >= 15 is 0 Å². The van der Waals surface area contributed by atoms with Crippen molar-refractivity contribution in [3.8, 4) is 6.07 Å². The third-order valence-corrected chi connectivity index (χ3v) is 3.41. The van der Waals surface area contributed by atoms with Crippen LogP contribution >= 0.6 is 11.6 Å². The molecule has 14 heavy (non-hydrogen) atoms. The van der Waals surface area contributed by atoms with Gasteiger partial charge in [-0.2, -0.15) is 5.26 Å². The lowest BCUT2D eigenvalue weighted by Crippen LogP contribution is -2.10. The van der Waals surface area contributed by atoms with E-state index in [4.69, 9.17) is 16.9 Å². The normalized spacial score (nSPS) is 10.9. The summed E-state index contributed by atoms with van der Waals surface area (Å²) in [4.78, 5) is 7.21. The van der Waals surface area contributed by atoms with E-state index in [1.807, 2.05) is 0 Å². The molecule has 0 saturated carbocycles. The second kappa shape index (κ2) is 4.35. The van der Waals surface area contributed by atoms with E-state index in [2.05, 4.69) is 9.97 Å². The highest BCUT2D eigenvalue weighted by atomic mass is 35.5. The quantitative estimate of drug-likeness (QED) is 0.702. The fourth-order valence-corrected chi connectivity index (χ4v) is 2.19. The molecule has 74 valence electrons. The van der Waals surface area contributed by atoms with Crippen molar-refractivity contribution in [2.45, 2.75) is 5.03 Å². The topological polar surface area (TPSA) is 83.7 Å². The number of hydrogen-bond donors (Lipinski definition) is 0. The van der Waals surface area contributed by atoms with Crippen LogP contribution in [0.1, 0.15) is 5.69 Å². The van der Waals surface area contributed by atoms with Crippen molar-refractivity contribution >= 4 is 21.4 Å². The smallest absolute Gasteiger partial charge is 0.198 e. The maximum absolute atomic E-state index is 11.4. The number of nitrogens with zero attached hydrogens (tertiary/aromatic N) is 3. The Hall–Kier alpha value is -1.19.